The van der Waals surface area contributed by atoms with Gasteiger partial charge in [0.2, 0.25) is 11.7 Å². The number of amides is 1. The van der Waals surface area contributed by atoms with Crippen LogP contribution in [0.25, 0.3) is 6.08 Å². The van der Waals surface area contributed by atoms with E-state index in [1.54, 1.807) is 21.3 Å². The van der Waals surface area contributed by atoms with Crippen molar-refractivity contribution in [3.63, 3.8) is 0 Å². The highest BCUT2D eigenvalue weighted by atomic mass is 16.7. The number of methoxy groups -OCH3 is 3. The Hall–Kier alpha value is -2.19. The Morgan fingerprint density at radius 1 is 1.04 bits per heavy atom. The van der Waals surface area contributed by atoms with E-state index in [0.29, 0.717) is 23.8 Å². The summed E-state index contributed by atoms with van der Waals surface area (Å²) < 4.78 is 28.5. The molecule has 0 saturated carbocycles. The number of carbonyl (C=O) groups excluding carboxylic acids is 1. The molecule has 1 aromatic rings. The molecular formula is C20H30BNO6. The van der Waals surface area contributed by atoms with Gasteiger partial charge in [0.05, 0.1) is 32.5 Å². The number of ether oxygens (including phenoxy) is 3. The lowest BCUT2D eigenvalue weighted by atomic mass is 9.77. The number of benzene rings is 1. The predicted octanol–water partition coefficient (Wildman–Crippen LogP) is 2.86. The molecule has 28 heavy (non-hydrogen) atoms. The average molecular weight is 391 g/mol. The van der Waals surface area contributed by atoms with Gasteiger partial charge in [-0.3, -0.25) is 4.79 Å². The van der Waals surface area contributed by atoms with Crippen molar-refractivity contribution in [2.24, 2.45) is 0 Å². The van der Waals surface area contributed by atoms with Crippen LogP contribution in [-0.4, -0.2) is 52.1 Å². The lowest BCUT2D eigenvalue weighted by Crippen LogP contribution is -2.41. The van der Waals surface area contributed by atoms with E-state index in [1.165, 1.54) is 6.92 Å². The van der Waals surface area contributed by atoms with Crippen LogP contribution in [0, 0.1) is 0 Å². The van der Waals surface area contributed by atoms with Crippen molar-refractivity contribution in [1.82, 2.24) is 5.32 Å². The van der Waals surface area contributed by atoms with Crippen molar-refractivity contribution < 1.29 is 28.3 Å². The molecule has 0 unspecified atom stereocenters. The smallest absolute Gasteiger partial charge is 0.492 e. The third-order valence-corrected chi connectivity index (χ3v) is 5.14. The van der Waals surface area contributed by atoms with E-state index in [-0.39, 0.29) is 5.91 Å². The van der Waals surface area contributed by atoms with Crippen LogP contribution in [-0.2, 0) is 14.1 Å². The summed E-state index contributed by atoms with van der Waals surface area (Å²) in [4.78, 5) is 11.5. The number of nitrogens with one attached hydrogen (secondary N) is 1. The molecule has 7 nitrogen and oxygen atoms in total. The zero-order chi connectivity index (χ0) is 21.1. The van der Waals surface area contributed by atoms with Gasteiger partial charge in [-0.15, -0.1) is 0 Å². The maximum absolute atomic E-state index is 11.5. The minimum absolute atomic E-state index is 0.132. The Balaban J connectivity index is 2.47. The van der Waals surface area contributed by atoms with Crippen LogP contribution >= 0.6 is 0 Å². The molecule has 1 fully saturated rings. The second-order valence-corrected chi connectivity index (χ2v) is 7.68. The van der Waals surface area contributed by atoms with Gasteiger partial charge in [-0.05, 0) is 50.9 Å². The first-order chi connectivity index (χ1) is 13.0. The molecule has 0 atom stereocenters. The molecule has 154 valence electrons. The molecule has 0 spiro atoms. The summed E-state index contributed by atoms with van der Waals surface area (Å²) in [6.07, 6.45) is 1.91. The number of hydrogen-bond donors (Lipinski definition) is 1. The van der Waals surface area contributed by atoms with Gasteiger partial charge in [0.1, 0.15) is 0 Å². The Morgan fingerprint density at radius 2 is 1.54 bits per heavy atom. The summed E-state index contributed by atoms with van der Waals surface area (Å²) >= 11 is 0. The van der Waals surface area contributed by atoms with E-state index in [9.17, 15) is 4.79 Å². The Kier molecular flexibility index (Phi) is 6.67. The highest BCUT2D eigenvalue weighted by molar-refractivity contribution is 6.56. The number of rotatable bonds is 7. The van der Waals surface area contributed by atoms with Crippen molar-refractivity contribution in [2.75, 3.05) is 27.9 Å². The summed E-state index contributed by atoms with van der Waals surface area (Å²) in [6.45, 7) is 9.72. The first-order valence-electron chi connectivity index (χ1n) is 9.15. The van der Waals surface area contributed by atoms with Crippen LogP contribution in [0.5, 0.6) is 17.2 Å². The third-order valence-electron chi connectivity index (χ3n) is 5.14. The van der Waals surface area contributed by atoms with Crippen molar-refractivity contribution >= 4 is 19.1 Å². The molecule has 1 saturated heterocycles. The second kappa shape index (κ2) is 8.45. The maximum atomic E-state index is 11.5. The van der Waals surface area contributed by atoms with E-state index in [0.717, 1.165) is 11.0 Å². The zero-order valence-electron chi connectivity index (χ0n) is 18.0. The van der Waals surface area contributed by atoms with Crippen LogP contribution in [0.15, 0.2) is 17.6 Å². The fourth-order valence-corrected chi connectivity index (χ4v) is 2.82. The van der Waals surface area contributed by atoms with Gasteiger partial charge in [-0.1, -0.05) is 6.08 Å². The van der Waals surface area contributed by atoms with Gasteiger partial charge in [0.25, 0.3) is 0 Å². The summed E-state index contributed by atoms with van der Waals surface area (Å²) in [5, 5.41) is 2.82. The molecule has 1 heterocycles. The van der Waals surface area contributed by atoms with Crippen molar-refractivity contribution in [3.05, 3.63) is 23.2 Å². The van der Waals surface area contributed by atoms with E-state index in [2.05, 4.69) is 5.32 Å². The molecule has 1 amide bonds. The normalized spacial score (nSPS) is 18.0. The Labute approximate surface area is 167 Å². The molecule has 0 bridgehead atoms. The molecule has 8 heteroatoms. The average Bonchev–Trinajstić information content (AvgIpc) is 2.84. The van der Waals surface area contributed by atoms with Crippen LogP contribution in [0.4, 0.5) is 0 Å². The highest BCUT2D eigenvalue weighted by Crippen LogP contribution is 2.41. The van der Waals surface area contributed by atoms with E-state index in [1.807, 2.05) is 45.9 Å². The monoisotopic (exact) mass is 391 g/mol. The van der Waals surface area contributed by atoms with Crippen molar-refractivity contribution in [3.8, 4) is 17.2 Å². The van der Waals surface area contributed by atoms with Gasteiger partial charge in [0.15, 0.2) is 11.5 Å². The van der Waals surface area contributed by atoms with E-state index in [4.69, 9.17) is 23.5 Å². The molecular weight excluding hydrogens is 361 g/mol. The molecule has 1 aliphatic rings. The van der Waals surface area contributed by atoms with Crippen molar-refractivity contribution in [2.45, 2.75) is 45.8 Å². The van der Waals surface area contributed by atoms with Gasteiger partial charge < -0.3 is 28.8 Å². The molecule has 1 aromatic carbocycles. The van der Waals surface area contributed by atoms with Crippen molar-refractivity contribution in [1.29, 1.82) is 0 Å². The quantitative estimate of drug-likeness (QED) is 0.721. The van der Waals surface area contributed by atoms with Crippen LogP contribution < -0.4 is 19.5 Å². The van der Waals surface area contributed by atoms with Gasteiger partial charge >= 0.3 is 7.12 Å². The molecule has 2 rings (SSSR count). The van der Waals surface area contributed by atoms with E-state index < -0.39 is 18.3 Å². The number of carbonyl (C=O) groups is 1. The van der Waals surface area contributed by atoms with Crippen LogP contribution in [0.2, 0.25) is 0 Å². The largest absolute Gasteiger partial charge is 0.493 e. The molecule has 0 aromatic heterocycles. The first-order valence-corrected chi connectivity index (χ1v) is 9.15. The fourth-order valence-electron chi connectivity index (χ4n) is 2.82. The highest BCUT2D eigenvalue weighted by Gasteiger charge is 2.52. The van der Waals surface area contributed by atoms with Gasteiger partial charge in [0, 0.05) is 13.5 Å². The Bertz CT molecular complexity index is 718. The minimum atomic E-state index is -0.587. The summed E-state index contributed by atoms with van der Waals surface area (Å²) in [6, 6.07) is 3.67. The molecule has 1 aliphatic heterocycles. The SMILES string of the molecule is COc1cc(C=C(CNC(C)=O)B2OC(C)(C)C(C)(C)O2)cc(OC)c1OC. The zero-order valence-corrected chi connectivity index (χ0v) is 18.0. The maximum Gasteiger partial charge on any atom is 0.492 e. The lowest BCUT2D eigenvalue weighted by molar-refractivity contribution is -0.118. The van der Waals surface area contributed by atoms with Crippen LogP contribution in [0.3, 0.4) is 0 Å². The fraction of sp³-hybridized carbons (Fsp3) is 0.550. The van der Waals surface area contributed by atoms with Crippen LogP contribution in [0.1, 0.15) is 40.2 Å². The minimum Gasteiger partial charge on any atom is -0.493 e. The Morgan fingerprint density at radius 3 is 1.93 bits per heavy atom. The molecule has 0 aliphatic carbocycles. The molecule has 0 radical (unpaired) electrons. The van der Waals surface area contributed by atoms with E-state index >= 15 is 0 Å². The second-order valence-electron chi connectivity index (χ2n) is 7.68. The predicted molar refractivity (Wildman–Crippen MR) is 109 cm³/mol. The first kappa shape index (κ1) is 22.1. The summed E-state index contributed by atoms with van der Waals surface area (Å²) in [5.74, 6) is 1.47. The number of hydrogen-bond acceptors (Lipinski definition) is 6. The summed E-state index contributed by atoms with van der Waals surface area (Å²) in [5.41, 5.74) is 0.623. The van der Waals surface area contributed by atoms with Gasteiger partial charge in [-0.2, -0.15) is 0 Å². The third kappa shape index (κ3) is 4.62. The lowest BCUT2D eigenvalue weighted by Gasteiger charge is -2.32. The topological polar surface area (TPSA) is 75.3 Å². The van der Waals surface area contributed by atoms with Gasteiger partial charge in [-0.25, -0.2) is 0 Å². The summed E-state index contributed by atoms with van der Waals surface area (Å²) in [7, 11) is 4.10. The standard InChI is InChI=1S/C20H30BNO6/c1-13(23)22-12-15(21-27-19(2,3)20(4,5)28-21)9-14-10-16(24-6)18(26-8)17(11-14)25-7/h9-11H,12H2,1-8H3,(H,22,23). The molecule has 1 N–H and O–H groups in total.